The van der Waals surface area contributed by atoms with Gasteiger partial charge in [-0.15, -0.1) is 0 Å². The van der Waals surface area contributed by atoms with E-state index in [1.54, 1.807) is 0 Å². The first-order chi connectivity index (χ1) is 8.59. The van der Waals surface area contributed by atoms with E-state index in [-0.39, 0.29) is 11.7 Å². The molecule has 1 N–H and O–H groups in total. The zero-order valence-corrected chi connectivity index (χ0v) is 10.2. The summed E-state index contributed by atoms with van der Waals surface area (Å²) in [4.78, 5) is 12.6. The number of nitro groups is 1. The Balaban J connectivity index is 2.28. The van der Waals surface area contributed by atoms with E-state index in [0.717, 1.165) is 32.2 Å². The van der Waals surface area contributed by atoms with Crippen molar-refractivity contribution in [2.24, 2.45) is 0 Å². The molecule has 1 fully saturated rings. The van der Waals surface area contributed by atoms with Gasteiger partial charge in [-0.3, -0.25) is 15.0 Å². The third-order valence-corrected chi connectivity index (χ3v) is 3.34. The summed E-state index contributed by atoms with van der Waals surface area (Å²) in [5.41, 5.74) is 0.435. The van der Waals surface area contributed by atoms with Crippen molar-refractivity contribution in [3.63, 3.8) is 0 Å². The van der Waals surface area contributed by atoms with Gasteiger partial charge >= 0.3 is 0 Å². The van der Waals surface area contributed by atoms with Crippen molar-refractivity contribution in [1.29, 1.82) is 0 Å². The van der Waals surface area contributed by atoms with Crippen LogP contribution in [0.4, 0.5) is 10.1 Å². The number of nitro benzene ring substituents is 1. The van der Waals surface area contributed by atoms with E-state index in [2.05, 4.69) is 10.2 Å². The van der Waals surface area contributed by atoms with Gasteiger partial charge in [0.05, 0.1) is 11.0 Å². The Kier molecular flexibility index (Phi) is 3.88. The molecule has 1 aromatic rings. The SMILES string of the molecule is C[C@H](c1ccc(F)cc1[N+](=O)[O-])N1CCNCC1. The van der Waals surface area contributed by atoms with Gasteiger partial charge in [0.15, 0.2) is 0 Å². The second-order valence-corrected chi connectivity index (χ2v) is 4.42. The van der Waals surface area contributed by atoms with Crippen LogP contribution in [0.3, 0.4) is 0 Å². The fourth-order valence-corrected chi connectivity index (χ4v) is 2.29. The average Bonchev–Trinajstić information content (AvgIpc) is 2.39. The van der Waals surface area contributed by atoms with Crippen molar-refractivity contribution in [1.82, 2.24) is 10.2 Å². The highest BCUT2D eigenvalue weighted by atomic mass is 19.1. The van der Waals surface area contributed by atoms with Gasteiger partial charge in [-0.05, 0) is 19.1 Å². The first kappa shape index (κ1) is 12.9. The monoisotopic (exact) mass is 253 g/mol. The molecule has 0 amide bonds. The summed E-state index contributed by atoms with van der Waals surface area (Å²) in [6.07, 6.45) is 0. The third-order valence-electron chi connectivity index (χ3n) is 3.34. The lowest BCUT2D eigenvalue weighted by atomic mass is 10.0. The molecule has 1 heterocycles. The molecular formula is C12H16FN3O2. The van der Waals surface area contributed by atoms with Crippen LogP contribution in [0.15, 0.2) is 18.2 Å². The van der Waals surface area contributed by atoms with E-state index in [1.807, 2.05) is 6.92 Å². The van der Waals surface area contributed by atoms with Crippen molar-refractivity contribution >= 4 is 5.69 Å². The van der Waals surface area contributed by atoms with Crippen molar-refractivity contribution in [2.75, 3.05) is 26.2 Å². The number of hydrogen-bond donors (Lipinski definition) is 1. The van der Waals surface area contributed by atoms with E-state index < -0.39 is 10.7 Å². The first-order valence-electron chi connectivity index (χ1n) is 5.98. The molecule has 5 nitrogen and oxygen atoms in total. The van der Waals surface area contributed by atoms with Crippen LogP contribution in [0.1, 0.15) is 18.5 Å². The number of halogens is 1. The van der Waals surface area contributed by atoms with Gasteiger partial charge in [0.2, 0.25) is 0 Å². The van der Waals surface area contributed by atoms with E-state index in [9.17, 15) is 14.5 Å². The normalized spacial score (nSPS) is 18.6. The third kappa shape index (κ3) is 2.65. The molecule has 18 heavy (non-hydrogen) atoms. The molecule has 1 aliphatic rings. The van der Waals surface area contributed by atoms with Gasteiger partial charge in [-0.1, -0.05) is 0 Å². The molecule has 0 aromatic heterocycles. The molecule has 2 rings (SSSR count). The highest BCUT2D eigenvalue weighted by Gasteiger charge is 2.25. The standard InChI is InChI=1S/C12H16FN3O2/c1-9(15-6-4-14-5-7-15)11-3-2-10(13)8-12(11)16(17)18/h2-3,8-9,14H,4-7H2,1H3/t9-/m1/s1. The molecule has 1 atom stereocenters. The minimum atomic E-state index is -0.571. The molecule has 0 spiro atoms. The number of nitrogens with one attached hydrogen (secondary N) is 1. The summed E-state index contributed by atoms with van der Waals surface area (Å²) in [7, 11) is 0. The molecule has 1 saturated heterocycles. The Bertz CT molecular complexity index is 447. The molecule has 6 heteroatoms. The van der Waals surface area contributed by atoms with Gasteiger partial charge in [0, 0.05) is 37.8 Å². The average molecular weight is 253 g/mol. The fraction of sp³-hybridized carbons (Fsp3) is 0.500. The second kappa shape index (κ2) is 5.41. The first-order valence-corrected chi connectivity index (χ1v) is 5.98. The van der Waals surface area contributed by atoms with Gasteiger partial charge in [0.1, 0.15) is 5.82 Å². The summed E-state index contributed by atoms with van der Waals surface area (Å²) in [6, 6.07) is 3.71. The zero-order chi connectivity index (χ0) is 13.1. The second-order valence-electron chi connectivity index (χ2n) is 4.42. The Morgan fingerprint density at radius 3 is 2.72 bits per heavy atom. The molecule has 0 aliphatic carbocycles. The Hall–Kier alpha value is -1.53. The van der Waals surface area contributed by atoms with E-state index in [1.165, 1.54) is 12.1 Å². The van der Waals surface area contributed by atoms with E-state index in [0.29, 0.717) is 5.56 Å². The fourth-order valence-electron chi connectivity index (χ4n) is 2.29. The van der Waals surface area contributed by atoms with Gasteiger partial charge in [-0.2, -0.15) is 0 Å². The number of benzene rings is 1. The maximum atomic E-state index is 13.1. The molecule has 0 saturated carbocycles. The van der Waals surface area contributed by atoms with Crippen LogP contribution in [0.25, 0.3) is 0 Å². The molecule has 0 bridgehead atoms. The molecule has 1 aromatic carbocycles. The van der Waals surface area contributed by atoms with Crippen molar-refractivity contribution in [3.05, 3.63) is 39.7 Å². The van der Waals surface area contributed by atoms with Gasteiger partial charge in [0.25, 0.3) is 5.69 Å². The van der Waals surface area contributed by atoms with Gasteiger partial charge in [-0.25, -0.2) is 4.39 Å². The van der Waals surface area contributed by atoms with Crippen molar-refractivity contribution < 1.29 is 9.31 Å². The Labute approximate surface area is 105 Å². The number of nitrogens with zero attached hydrogens (tertiary/aromatic N) is 2. The topological polar surface area (TPSA) is 58.4 Å². The minimum Gasteiger partial charge on any atom is -0.314 e. The summed E-state index contributed by atoms with van der Waals surface area (Å²) >= 11 is 0. The molecule has 0 unspecified atom stereocenters. The van der Waals surface area contributed by atoms with Gasteiger partial charge < -0.3 is 5.32 Å². The van der Waals surface area contributed by atoms with E-state index in [4.69, 9.17) is 0 Å². The molecule has 0 radical (unpaired) electrons. The summed E-state index contributed by atoms with van der Waals surface area (Å²) in [6.45, 7) is 5.36. The molecule has 98 valence electrons. The van der Waals surface area contributed by atoms with Crippen LogP contribution in [0.2, 0.25) is 0 Å². The lowest BCUT2D eigenvalue weighted by Crippen LogP contribution is -2.44. The van der Waals surface area contributed by atoms with Crippen LogP contribution >= 0.6 is 0 Å². The minimum absolute atomic E-state index is 0.0758. The lowest BCUT2D eigenvalue weighted by molar-refractivity contribution is -0.386. The molecule has 1 aliphatic heterocycles. The van der Waals surface area contributed by atoms with Crippen LogP contribution < -0.4 is 5.32 Å². The summed E-state index contributed by atoms with van der Waals surface area (Å²) in [5.74, 6) is -0.571. The summed E-state index contributed by atoms with van der Waals surface area (Å²) < 4.78 is 13.1. The van der Waals surface area contributed by atoms with Crippen LogP contribution in [0, 0.1) is 15.9 Å². The van der Waals surface area contributed by atoms with Crippen molar-refractivity contribution in [3.8, 4) is 0 Å². The van der Waals surface area contributed by atoms with Crippen LogP contribution in [0.5, 0.6) is 0 Å². The molecular weight excluding hydrogens is 237 g/mol. The van der Waals surface area contributed by atoms with Crippen LogP contribution in [-0.2, 0) is 0 Å². The summed E-state index contributed by atoms with van der Waals surface area (Å²) in [5, 5.41) is 14.2. The highest BCUT2D eigenvalue weighted by molar-refractivity contribution is 5.42. The predicted molar refractivity (Wildman–Crippen MR) is 65.9 cm³/mol. The quantitative estimate of drug-likeness (QED) is 0.658. The Morgan fingerprint density at radius 1 is 1.44 bits per heavy atom. The van der Waals surface area contributed by atoms with Crippen molar-refractivity contribution in [2.45, 2.75) is 13.0 Å². The maximum absolute atomic E-state index is 13.1. The highest BCUT2D eigenvalue weighted by Crippen LogP contribution is 2.29. The zero-order valence-electron chi connectivity index (χ0n) is 10.2. The van der Waals surface area contributed by atoms with Crippen LogP contribution in [-0.4, -0.2) is 36.0 Å². The maximum Gasteiger partial charge on any atom is 0.277 e. The Morgan fingerprint density at radius 2 is 2.11 bits per heavy atom. The number of hydrogen-bond acceptors (Lipinski definition) is 4. The largest absolute Gasteiger partial charge is 0.314 e. The number of rotatable bonds is 3. The van der Waals surface area contributed by atoms with E-state index >= 15 is 0 Å². The number of piperazine rings is 1. The lowest BCUT2D eigenvalue weighted by Gasteiger charge is -2.32. The predicted octanol–water partition coefficient (Wildman–Crippen LogP) is 1.70. The smallest absolute Gasteiger partial charge is 0.277 e.